The Morgan fingerprint density at radius 2 is 1.86 bits per heavy atom. The summed E-state index contributed by atoms with van der Waals surface area (Å²) < 4.78 is 48.7. The molecule has 2 aromatic carbocycles. The molecule has 1 aromatic heterocycles. The number of ether oxygens (including phenoxy) is 1. The van der Waals surface area contributed by atoms with E-state index in [1.165, 1.54) is 42.6 Å². The van der Waals surface area contributed by atoms with E-state index in [4.69, 9.17) is 9.84 Å². The summed E-state index contributed by atoms with van der Waals surface area (Å²) in [5.74, 6) is -2.18. The molecule has 0 saturated heterocycles. The van der Waals surface area contributed by atoms with Gasteiger partial charge in [-0.05, 0) is 60.8 Å². The first-order valence-corrected chi connectivity index (χ1v) is 12.8. The van der Waals surface area contributed by atoms with Crippen molar-refractivity contribution in [3.8, 4) is 11.4 Å². The van der Waals surface area contributed by atoms with Crippen LogP contribution in [-0.4, -0.2) is 36.4 Å². The van der Waals surface area contributed by atoms with Crippen molar-refractivity contribution in [1.82, 2.24) is 9.78 Å². The number of carbonyl (C=O) groups is 1. The van der Waals surface area contributed by atoms with E-state index in [0.29, 0.717) is 17.0 Å². The van der Waals surface area contributed by atoms with Crippen molar-refractivity contribution >= 4 is 21.7 Å². The van der Waals surface area contributed by atoms with E-state index in [9.17, 15) is 17.6 Å². The number of carboxylic acids is 1. The molecule has 0 spiro atoms. The highest BCUT2D eigenvalue weighted by Gasteiger charge is 2.27. The molecule has 1 aliphatic rings. The second-order valence-corrected chi connectivity index (χ2v) is 11.3. The topological polar surface area (TPSA) is 111 Å². The van der Waals surface area contributed by atoms with Crippen LogP contribution in [0, 0.1) is 11.2 Å². The highest BCUT2D eigenvalue weighted by atomic mass is 32.2. The summed E-state index contributed by atoms with van der Waals surface area (Å²) >= 11 is 0. The van der Waals surface area contributed by atoms with Gasteiger partial charge >= 0.3 is 5.97 Å². The van der Waals surface area contributed by atoms with E-state index < -0.39 is 27.4 Å². The zero-order valence-electron chi connectivity index (χ0n) is 19.8. The van der Waals surface area contributed by atoms with Crippen molar-refractivity contribution in [3.05, 3.63) is 65.7 Å². The number of halogens is 1. The zero-order chi connectivity index (χ0) is 25.4. The Hall–Kier alpha value is -3.40. The van der Waals surface area contributed by atoms with Crippen LogP contribution in [0.1, 0.15) is 61.4 Å². The van der Waals surface area contributed by atoms with Gasteiger partial charge in [-0.3, -0.25) is 4.72 Å². The Bertz CT molecular complexity index is 1340. The molecule has 0 atom stereocenters. The number of sulfonamides is 1. The molecular weight excluding hydrogens is 473 g/mol. The molecule has 1 heterocycles. The summed E-state index contributed by atoms with van der Waals surface area (Å²) in [7, 11) is -2.92. The van der Waals surface area contributed by atoms with E-state index >= 15 is 0 Å². The molecule has 0 aliphatic heterocycles. The molecular formula is C25H28FN3O5S. The van der Waals surface area contributed by atoms with Crippen molar-refractivity contribution in [3.63, 3.8) is 0 Å². The van der Waals surface area contributed by atoms with Crippen molar-refractivity contribution in [2.75, 3.05) is 11.8 Å². The summed E-state index contributed by atoms with van der Waals surface area (Å²) in [5.41, 5.74) is 1.53. The minimum atomic E-state index is -4.15. The van der Waals surface area contributed by atoms with Crippen molar-refractivity contribution < 1.29 is 27.4 Å². The molecule has 0 bridgehead atoms. The predicted octanol–water partition coefficient (Wildman–Crippen LogP) is 5.20. The second-order valence-electron chi connectivity index (χ2n) is 9.59. The fourth-order valence-electron chi connectivity index (χ4n) is 4.39. The number of anilines is 1. The van der Waals surface area contributed by atoms with E-state index in [1.54, 1.807) is 0 Å². The lowest BCUT2D eigenvalue weighted by molar-refractivity contribution is 0.0691. The second kappa shape index (κ2) is 9.33. The number of aromatic carboxylic acids is 1. The first-order valence-electron chi connectivity index (χ1n) is 11.3. The van der Waals surface area contributed by atoms with Gasteiger partial charge in [-0.2, -0.15) is 5.10 Å². The van der Waals surface area contributed by atoms with Gasteiger partial charge in [0.2, 0.25) is 0 Å². The van der Waals surface area contributed by atoms with Gasteiger partial charge in [0, 0.05) is 6.07 Å². The SMILES string of the molecule is COc1cc(C(=O)O)c(F)cc1NS(=O)(=O)c1cnn(-c2ccc(C3CCC(C)(C)CC3)cc2)c1. The van der Waals surface area contributed by atoms with Crippen molar-refractivity contribution in [2.24, 2.45) is 5.41 Å². The number of hydrogen-bond donors (Lipinski definition) is 2. The highest BCUT2D eigenvalue weighted by Crippen LogP contribution is 2.42. The summed E-state index contributed by atoms with van der Waals surface area (Å²) in [6.07, 6.45) is 7.24. The lowest BCUT2D eigenvalue weighted by Gasteiger charge is -2.34. The van der Waals surface area contributed by atoms with Crippen LogP contribution < -0.4 is 9.46 Å². The fourth-order valence-corrected chi connectivity index (χ4v) is 5.38. The average Bonchev–Trinajstić information content (AvgIpc) is 3.30. The van der Waals surface area contributed by atoms with E-state index in [0.717, 1.165) is 25.0 Å². The molecule has 186 valence electrons. The standard InChI is InChI=1S/C25H28FN3O5S/c1-25(2)10-8-17(9-11-25)16-4-6-18(7-5-16)29-15-19(14-27-29)35(32,33)28-22-13-21(26)20(24(30)31)12-23(22)34-3/h4-7,12-15,17,28H,8-11H2,1-3H3,(H,30,31). The predicted molar refractivity (Wildman–Crippen MR) is 129 cm³/mol. The molecule has 1 saturated carbocycles. The number of benzene rings is 2. The lowest BCUT2D eigenvalue weighted by Crippen LogP contribution is -2.20. The molecule has 0 amide bonds. The third kappa shape index (κ3) is 5.32. The van der Waals surface area contributed by atoms with Gasteiger partial charge in [0.05, 0.1) is 36.4 Å². The molecule has 0 unspecified atom stereocenters. The van der Waals surface area contributed by atoms with Crippen LogP contribution in [0.4, 0.5) is 10.1 Å². The Labute approximate surface area is 203 Å². The van der Waals surface area contributed by atoms with Gasteiger partial charge in [0.1, 0.15) is 16.5 Å². The molecule has 10 heteroatoms. The normalized spacial score (nSPS) is 16.1. The number of carboxylic acid groups (broad SMARTS) is 1. The first-order chi connectivity index (χ1) is 16.5. The Balaban J connectivity index is 1.52. The molecule has 8 nitrogen and oxygen atoms in total. The monoisotopic (exact) mass is 501 g/mol. The third-order valence-corrected chi connectivity index (χ3v) is 7.92. The van der Waals surface area contributed by atoms with Crippen LogP contribution in [0.2, 0.25) is 0 Å². The highest BCUT2D eigenvalue weighted by molar-refractivity contribution is 7.92. The molecule has 4 rings (SSSR count). The summed E-state index contributed by atoms with van der Waals surface area (Å²) in [6.45, 7) is 4.62. The number of hydrogen-bond acceptors (Lipinski definition) is 5. The van der Waals surface area contributed by atoms with Crippen molar-refractivity contribution in [2.45, 2.75) is 50.3 Å². The molecule has 35 heavy (non-hydrogen) atoms. The van der Waals surface area contributed by atoms with E-state index in [1.807, 2.05) is 12.1 Å². The van der Waals surface area contributed by atoms with E-state index in [2.05, 4.69) is 35.8 Å². The molecule has 1 aliphatic carbocycles. The number of nitrogens with zero attached hydrogens (tertiary/aromatic N) is 2. The maximum atomic E-state index is 14.1. The van der Waals surface area contributed by atoms with Crippen LogP contribution in [0.5, 0.6) is 5.75 Å². The maximum absolute atomic E-state index is 14.1. The summed E-state index contributed by atoms with van der Waals surface area (Å²) in [4.78, 5) is 11.0. The van der Waals surface area contributed by atoms with Crippen LogP contribution in [0.15, 0.2) is 53.7 Å². The first kappa shape index (κ1) is 24.7. The number of nitrogens with one attached hydrogen (secondary N) is 1. The Morgan fingerprint density at radius 1 is 1.20 bits per heavy atom. The van der Waals surface area contributed by atoms with Gasteiger partial charge in [-0.15, -0.1) is 0 Å². The Kier molecular flexibility index (Phi) is 6.59. The summed E-state index contributed by atoms with van der Waals surface area (Å²) in [6, 6.07) is 9.64. The van der Waals surface area contributed by atoms with E-state index in [-0.39, 0.29) is 16.3 Å². The Morgan fingerprint density at radius 3 is 2.46 bits per heavy atom. The third-order valence-electron chi connectivity index (χ3n) is 6.60. The van der Waals surface area contributed by atoms with Gasteiger partial charge < -0.3 is 9.84 Å². The van der Waals surface area contributed by atoms with Gasteiger partial charge in [-0.25, -0.2) is 22.3 Å². The van der Waals surface area contributed by atoms with Gasteiger partial charge in [0.25, 0.3) is 10.0 Å². The van der Waals surface area contributed by atoms with Crippen LogP contribution in [0.25, 0.3) is 5.69 Å². The molecule has 0 radical (unpaired) electrons. The van der Waals surface area contributed by atoms with Crippen molar-refractivity contribution in [1.29, 1.82) is 0 Å². The minimum absolute atomic E-state index is 0.124. The van der Waals surface area contributed by atoms with Crippen LogP contribution in [-0.2, 0) is 10.0 Å². The summed E-state index contributed by atoms with van der Waals surface area (Å²) in [5, 5.41) is 13.2. The number of methoxy groups -OCH3 is 1. The van der Waals surface area contributed by atoms with Crippen LogP contribution in [0.3, 0.4) is 0 Å². The lowest BCUT2D eigenvalue weighted by atomic mass is 9.71. The number of aromatic nitrogens is 2. The number of rotatable bonds is 7. The maximum Gasteiger partial charge on any atom is 0.338 e. The largest absolute Gasteiger partial charge is 0.495 e. The van der Waals surface area contributed by atoms with Crippen LogP contribution >= 0.6 is 0 Å². The van der Waals surface area contributed by atoms with Gasteiger partial charge in [0.15, 0.2) is 0 Å². The molecule has 2 N–H and O–H groups in total. The average molecular weight is 502 g/mol. The van der Waals surface area contributed by atoms with Gasteiger partial charge in [-0.1, -0.05) is 26.0 Å². The smallest absolute Gasteiger partial charge is 0.338 e. The molecule has 1 fully saturated rings. The molecule has 3 aromatic rings. The minimum Gasteiger partial charge on any atom is -0.495 e. The fraction of sp³-hybridized carbons (Fsp3) is 0.360. The zero-order valence-corrected chi connectivity index (χ0v) is 20.6. The quantitative estimate of drug-likeness (QED) is 0.460.